The second-order valence-electron chi connectivity index (χ2n) is 9.60. The summed E-state index contributed by atoms with van der Waals surface area (Å²) in [5.41, 5.74) is 2.74. The molecule has 0 radical (unpaired) electrons. The van der Waals surface area contributed by atoms with Gasteiger partial charge in [0.1, 0.15) is 11.4 Å². The van der Waals surface area contributed by atoms with Crippen LogP contribution in [-0.4, -0.2) is 37.6 Å². The van der Waals surface area contributed by atoms with Crippen LogP contribution in [0.1, 0.15) is 40.7 Å². The molecule has 3 aromatic carbocycles. The number of esters is 1. The molecule has 2 atom stereocenters. The van der Waals surface area contributed by atoms with Crippen molar-refractivity contribution in [3.8, 4) is 5.75 Å². The Bertz CT molecular complexity index is 1080. The van der Waals surface area contributed by atoms with Crippen LogP contribution in [0.5, 0.6) is 5.75 Å². The number of carbonyl (C=O) groups excluding carboxylic acids is 1. The molecule has 0 aromatic heterocycles. The van der Waals surface area contributed by atoms with Gasteiger partial charge in [0.05, 0.1) is 5.56 Å². The molecule has 0 spiro atoms. The van der Waals surface area contributed by atoms with E-state index >= 15 is 0 Å². The Labute approximate surface area is 202 Å². The fourth-order valence-electron chi connectivity index (χ4n) is 6.10. The van der Waals surface area contributed by atoms with Crippen LogP contribution < -0.4 is 4.74 Å². The van der Waals surface area contributed by atoms with Crippen molar-refractivity contribution < 1.29 is 14.3 Å². The van der Waals surface area contributed by atoms with Crippen LogP contribution in [-0.2, 0) is 16.8 Å². The Morgan fingerprint density at radius 3 is 2.26 bits per heavy atom. The van der Waals surface area contributed by atoms with Crippen molar-refractivity contribution in [2.75, 3.05) is 26.7 Å². The lowest BCUT2D eigenvalue weighted by molar-refractivity contribution is -0.168. The zero-order valence-corrected chi connectivity index (χ0v) is 19.9. The van der Waals surface area contributed by atoms with E-state index in [4.69, 9.17) is 9.47 Å². The molecule has 1 heterocycles. The van der Waals surface area contributed by atoms with Gasteiger partial charge in [-0.25, -0.2) is 4.79 Å². The highest BCUT2D eigenvalue weighted by atomic mass is 16.5. The zero-order chi connectivity index (χ0) is 23.4. The summed E-state index contributed by atoms with van der Waals surface area (Å²) in [7, 11) is 1.85. The van der Waals surface area contributed by atoms with Crippen molar-refractivity contribution in [1.82, 2.24) is 4.90 Å². The highest BCUT2D eigenvalue weighted by Crippen LogP contribution is 2.51. The molecule has 1 aliphatic heterocycles. The highest BCUT2D eigenvalue weighted by molar-refractivity contribution is 5.90. The number of likely N-dealkylation sites (tertiary alicyclic amines) is 1. The number of ether oxygens (including phenoxy) is 2. The minimum absolute atomic E-state index is 0.333. The maximum absolute atomic E-state index is 12.6. The van der Waals surface area contributed by atoms with Gasteiger partial charge >= 0.3 is 5.97 Å². The maximum atomic E-state index is 12.6. The van der Waals surface area contributed by atoms with E-state index in [0.717, 1.165) is 44.5 Å². The minimum Gasteiger partial charge on any atom is -0.423 e. The van der Waals surface area contributed by atoms with E-state index in [0.29, 0.717) is 23.1 Å². The molecule has 1 aliphatic carbocycles. The summed E-state index contributed by atoms with van der Waals surface area (Å²) >= 11 is 0. The molecule has 0 amide bonds. The van der Waals surface area contributed by atoms with Crippen molar-refractivity contribution in [2.24, 2.45) is 11.8 Å². The molecule has 2 fully saturated rings. The van der Waals surface area contributed by atoms with Gasteiger partial charge in [-0.1, -0.05) is 67.1 Å². The predicted molar refractivity (Wildman–Crippen MR) is 134 cm³/mol. The summed E-state index contributed by atoms with van der Waals surface area (Å²) in [6.45, 7) is 3.14. The summed E-state index contributed by atoms with van der Waals surface area (Å²) < 4.78 is 12.2. The molecule has 4 nitrogen and oxygen atoms in total. The third-order valence-electron chi connectivity index (χ3n) is 7.68. The number of rotatable bonds is 7. The zero-order valence-electron chi connectivity index (χ0n) is 19.9. The fourth-order valence-corrected chi connectivity index (χ4v) is 6.10. The van der Waals surface area contributed by atoms with E-state index in [2.05, 4.69) is 41.3 Å². The van der Waals surface area contributed by atoms with E-state index < -0.39 is 0 Å². The molecule has 2 bridgehead atoms. The van der Waals surface area contributed by atoms with E-state index in [1.54, 1.807) is 12.1 Å². The number of hydrogen-bond donors (Lipinski definition) is 0. The number of carbonyl (C=O) groups is 1. The van der Waals surface area contributed by atoms with Gasteiger partial charge in [0.2, 0.25) is 0 Å². The van der Waals surface area contributed by atoms with Gasteiger partial charge in [-0.2, -0.15) is 0 Å². The first kappa shape index (κ1) is 22.8. The Kier molecular flexibility index (Phi) is 6.80. The molecule has 34 heavy (non-hydrogen) atoms. The van der Waals surface area contributed by atoms with Crippen LogP contribution in [0.15, 0.2) is 84.9 Å². The van der Waals surface area contributed by atoms with Crippen LogP contribution >= 0.6 is 0 Å². The van der Waals surface area contributed by atoms with E-state index in [9.17, 15) is 4.79 Å². The summed E-state index contributed by atoms with van der Waals surface area (Å²) in [4.78, 5) is 15.2. The van der Waals surface area contributed by atoms with Crippen LogP contribution in [0.3, 0.4) is 0 Å². The SMILES string of the molecule is COC1(c2cccc(OC(=O)c3ccccc3)c2)C2CCCC1CN(CCc1ccccc1)C2. The lowest BCUT2D eigenvalue weighted by Crippen LogP contribution is -2.59. The molecule has 176 valence electrons. The van der Waals surface area contributed by atoms with Crippen molar-refractivity contribution >= 4 is 5.97 Å². The van der Waals surface area contributed by atoms with Crippen LogP contribution in [0.25, 0.3) is 0 Å². The Balaban J connectivity index is 1.35. The third-order valence-corrected chi connectivity index (χ3v) is 7.68. The van der Waals surface area contributed by atoms with Crippen molar-refractivity contribution in [2.45, 2.75) is 31.3 Å². The lowest BCUT2D eigenvalue weighted by Gasteiger charge is -2.55. The van der Waals surface area contributed by atoms with Gasteiger partial charge in [0.25, 0.3) is 0 Å². The summed E-state index contributed by atoms with van der Waals surface area (Å²) in [5.74, 6) is 1.08. The van der Waals surface area contributed by atoms with Crippen LogP contribution in [0, 0.1) is 11.8 Å². The monoisotopic (exact) mass is 455 g/mol. The van der Waals surface area contributed by atoms with Gasteiger partial charge in [0, 0.05) is 38.6 Å². The van der Waals surface area contributed by atoms with Gasteiger partial charge < -0.3 is 14.4 Å². The maximum Gasteiger partial charge on any atom is 0.343 e. The normalized spacial score (nSPS) is 24.5. The second kappa shape index (κ2) is 10.1. The number of hydrogen-bond acceptors (Lipinski definition) is 4. The molecule has 2 unspecified atom stereocenters. The molecule has 2 aliphatic rings. The molecule has 5 rings (SSSR count). The average molecular weight is 456 g/mol. The Morgan fingerprint density at radius 1 is 0.912 bits per heavy atom. The van der Waals surface area contributed by atoms with Crippen LogP contribution in [0.2, 0.25) is 0 Å². The Morgan fingerprint density at radius 2 is 1.59 bits per heavy atom. The fraction of sp³-hybridized carbons (Fsp3) is 0.367. The Hall–Kier alpha value is -2.95. The first-order chi connectivity index (χ1) is 16.7. The van der Waals surface area contributed by atoms with Gasteiger partial charge in [0.15, 0.2) is 0 Å². The number of methoxy groups -OCH3 is 1. The standard InChI is InChI=1S/C30H33NO3/c1-33-30(25-14-9-17-28(20-25)34-29(32)24-12-6-3-7-13-24)26-15-8-16-27(30)22-31(21-26)19-18-23-10-4-2-5-11-23/h2-7,9-14,17,20,26-27H,8,15-16,18-19,21-22H2,1H3. The predicted octanol–water partition coefficient (Wildman–Crippen LogP) is 5.72. The molecule has 1 saturated heterocycles. The van der Waals surface area contributed by atoms with E-state index in [1.165, 1.54) is 12.0 Å². The smallest absolute Gasteiger partial charge is 0.343 e. The number of benzene rings is 3. The molecular weight excluding hydrogens is 422 g/mol. The highest BCUT2D eigenvalue weighted by Gasteiger charge is 2.53. The summed E-state index contributed by atoms with van der Waals surface area (Å²) in [5, 5.41) is 0. The first-order valence-corrected chi connectivity index (χ1v) is 12.4. The molecular formula is C30H33NO3. The van der Waals surface area contributed by atoms with Crippen LogP contribution in [0.4, 0.5) is 0 Å². The third kappa shape index (κ3) is 4.53. The van der Waals surface area contributed by atoms with Crippen molar-refractivity contribution in [3.63, 3.8) is 0 Å². The topological polar surface area (TPSA) is 38.8 Å². The quantitative estimate of drug-likeness (QED) is 0.337. The summed E-state index contributed by atoms with van der Waals surface area (Å²) in [6, 6.07) is 27.9. The second-order valence-corrected chi connectivity index (χ2v) is 9.60. The molecule has 0 N–H and O–H groups in total. The van der Waals surface area contributed by atoms with Gasteiger partial charge in [-0.15, -0.1) is 0 Å². The number of piperidine rings is 1. The van der Waals surface area contributed by atoms with Gasteiger partial charge in [-0.05, 0) is 54.7 Å². The largest absolute Gasteiger partial charge is 0.423 e. The molecule has 4 heteroatoms. The summed E-state index contributed by atoms with van der Waals surface area (Å²) in [6.07, 6.45) is 4.63. The average Bonchev–Trinajstić information content (AvgIpc) is 2.88. The van der Waals surface area contributed by atoms with E-state index in [1.807, 2.05) is 43.5 Å². The van der Waals surface area contributed by atoms with E-state index in [-0.39, 0.29) is 11.6 Å². The number of nitrogens with zero attached hydrogens (tertiary/aromatic N) is 1. The first-order valence-electron chi connectivity index (χ1n) is 12.4. The van der Waals surface area contributed by atoms with Crippen molar-refractivity contribution in [3.05, 3.63) is 102 Å². The van der Waals surface area contributed by atoms with Crippen molar-refractivity contribution in [1.29, 1.82) is 0 Å². The minimum atomic E-state index is -0.337. The molecule has 3 aromatic rings. The number of fused-ring (bicyclic) bond motifs is 2. The molecule has 1 saturated carbocycles. The van der Waals surface area contributed by atoms with Gasteiger partial charge in [-0.3, -0.25) is 0 Å². The lowest BCUT2D eigenvalue weighted by atomic mass is 9.62.